The fourth-order valence-electron chi connectivity index (χ4n) is 1.25. The Bertz CT molecular complexity index is 544. The van der Waals surface area contributed by atoms with Gasteiger partial charge in [0.15, 0.2) is 0 Å². The molecule has 0 atom stereocenters. The largest absolute Gasteiger partial charge is 0.617 e. The van der Waals surface area contributed by atoms with Crippen molar-refractivity contribution in [2.45, 2.75) is 0 Å². The van der Waals surface area contributed by atoms with E-state index in [1.807, 2.05) is 0 Å². The summed E-state index contributed by atoms with van der Waals surface area (Å²) in [5, 5.41) is 22.4. The molecule has 2 aromatic rings. The average molecular weight is 238 g/mol. The molecule has 2 heterocycles. The second kappa shape index (κ2) is 3.78. The van der Waals surface area contributed by atoms with Crippen molar-refractivity contribution in [3.63, 3.8) is 0 Å². The second-order valence-corrected chi connectivity index (χ2v) is 3.84. The molecular weight excluding hydrogens is 232 g/mol. The molecule has 2 rings (SSSR count). The highest BCUT2D eigenvalue weighted by Crippen LogP contribution is 2.33. The third kappa shape index (κ3) is 1.47. The van der Waals surface area contributed by atoms with Gasteiger partial charge in [-0.15, -0.1) is 4.73 Å². The Morgan fingerprint density at radius 2 is 2.38 bits per heavy atom. The molecule has 0 aromatic carbocycles. The van der Waals surface area contributed by atoms with Gasteiger partial charge in [-0.25, -0.2) is 0 Å². The topological polar surface area (TPSA) is 83.2 Å². The summed E-state index contributed by atoms with van der Waals surface area (Å²) in [6.07, 6.45) is 2.63. The number of hydrogen-bond acceptors (Lipinski definition) is 5. The minimum absolute atomic E-state index is 0.0881. The van der Waals surface area contributed by atoms with Crippen LogP contribution in [0.5, 0.6) is 0 Å². The van der Waals surface area contributed by atoms with Crippen LogP contribution in [0, 0.1) is 15.3 Å². The SMILES string of the molecule is C=Cc1sc([N+](=O)[O-])c(-c2ccco2)[n+]1[O-]. The van der Waals surface area contributed by atoms with Crippen molar-refractivity contribution < 1.29 is 14.1 Å². The van der Waals surface area contributed by atoms with E-state index in [2.05, 4.69) is 6.58 Å². The zero-order chi connectivity index (χ0) is 11.7. The smallest absolute Gasteiger partial charge is 0.406 e. The maximum atomic E-state index is 11.7. The van der Waals surface area contributed by atoms with Crippen molar-refractivity contribution in [2.75, 3.05) is 0 Å². The third-order valence-electron chi connectivity index (χ3n) is 1.90. The highest BCUT2D eigenvalue weighted by atomic mass is 32.1. The molecule has 2 aromatic heterocycles. The van der Waals surface area contributed by atoms with E-state index in [-0.39, 0.29) is 21.5 Å². The van der Waals surface area contributed by atoms with Crippen LogP contribution in [0.25, 0.3) is 17.5 Å². The van der Waals surface area contributed by atoms with Crippen molar-refractivity contribution in [3.05, 3.63) is 45.3 Å². The molecule has 0 aliphatic heterocycles. The summed E-state index contributed by atoms with van der Waals surface area (Å²) in [6, 6.07) is 3.06. The Hall–Kier alpha value is -2.15. The standard InChI is InChI=1S/C9H6N2O4S/c1-2-7-10(12)8(6-4-3-5-15-6)9(16-7)11(13)14/h2-5H,1H2. The van der Waals surface area contributed by atoms with Crippen LogP contribution in [0.2, 0.25) is 0 Å². The monoisotopic (exact) mass is 238 g/mol. The van der Waals surface area contributed by atoms with Crippen LogP contribution < -0.4 is 4.73 Å². The lowest BCUT2D eigenvalue weighted by molar-refractivity contribution is -0.593. The fraction of sp³-hybridized carbons (Fsp3) is 0. The lowest BCUT2D eigenvalue weighted by Gasteiger charge is -1.95. The van der Waals surface area contributed by atoms with Gasteiger partial charge in [0.2, 0.25) is 5.76 Å². The normalized spacial score (nSPS) is 10.2. The van der Waals surface area contributed by atoms with Crippen LogP contribution in [0.15, 0.2) is 29.4 Å². The number of hydrogen-bond donors (Lipinski definition) is 0. The Balaban J connectivity index is 2.71. The molecule has 0 bridgehead atoms. The van der Waals surface area contributed by atoms with E-state index in [9.17, 15) is 15.3 Å². The van der Waals surface area contributed by atoms with Crippen molar-refractivity contribution in [1.82, 2.24) is 0 Å². The molecule has 0 radical (unpaired) electrons. The summed E-state index contributed by atoms with van der Waals surface area (Å²) in [5.41, 5.74) is -0.0881. The third-order valence-corrected chi connectivity index (χ3v) is 2.98. The van der Waals surface area contributed by atoms with E-state index in [1.54, 1.807) is 6.07 Å². The molecule has 0 saturated carbocycles. The number of thiazole rings is 1. The first-order valence-corrected chi connectivity index (χ1v) is 5.04. The van der Waals surface area contributed by atoms with Gasteiger partial charge in [-0.3, -0.25) is 10.1 Å². The van der Waals surface area contributed by atoms with E-state index < -0.39 is 4.92 Å². The lowest BCUT2D eigenvalue weighted by atomic mass is 10.3. The van der Waals surface area contributed by atoms with Crippen LogP contribution in [0.3, 0.4) is 0 Å². The Morgan fingerprint density at radius 3 is 2.88 bits per heavy atom. The molecule has 0 N–H and O–H groups in total. The number of furan rings is 1. The minimum atomic E-state index is -0.607. The van der Waals surface area contributed by atoms with Crippen LogP contribution in [-0.4, -0.2) is 4.92 Å². The van der Waals surface area contributed by atoms with E-state index >= 15 is 0 Å². The van der Waals surface area contributed by atoms with Crippen molar-refractivity contribution >= 4 is 22.4 Å². The quantitative estimate of drug-likeness (QED) is 0.355. The average Bonchev–Trinajstić information content (AvgIpc) is 2.84. The second-order valence-electron chi connectivity index (χ2n) is 2.83. The van der Waals surface area contributed by atoms with Gasteiger partial charge in [0.05, 0.1) is 11.2 Å². The molecule has 16 heavy (non-hydrogen) atoms. The zero-order valence-electron chi connectivity index (χ0n) is 7.95. The van der Waals surface area contributed by atoms with Gasteiger partial charge < -0.3 is 9.62 Å². The summed E-state index contributed by atoms with van der Waals surface area (Å²) in [6.45, 7) is 3.42. The Labute approximate surface area is 93.8 Å². The van der Waals surface area contributed by atoms with Crippen molar-refractivity contribution in [2.24, 2.45) is 0 Å². The van der Waals surface area contributed by atoms with Crippen LogP contribution in [0.1, 0.15) is 5.01 Å². The van der Waals surface area contributed by atoms with Gasteiger partial charge in [-0.05, 0) is 12.1 Å². The first-order chi connectivity index (χ1) is 7.65. The van der Waals surface area contributed by atoms with Crippen LogP contribution >= 0.6 is 11.3 Å². The summed E-state index contributed by atoms with van der Waals surface area (Å²) in [7, 11) is 0. The van der Waals surface area contributed by atoms with Crippen LogP contribution in [0.4, 0.5) is 5.00 Å². The molecule has 6 nitrogen and oxygen atoms in total. The van der Waals surface area contributed by atoms with E-state index in [0.29, 0.717) is 4.73 Å². The van der Waals surface area contributed by atoms with Gasteiger partial charge >= 0.3 is 10.7 Å². The molecule has 0 aliphatic carbocycles. The molecular formula is C9H6N2O4S. The Morgan fingerprint density at radius 1 is 1.62 bits per heavy atom. The van der Waals surface area contributed by atoms with Crippen LogP contribution in [-0.2, 0) is 0 Å². The fourth-order valence-corrected chi connectivity index (χ4v) is 2.06. The van der Waals surface area contributed by atoms with E-state index in [4.69, 9.17) is 4.42 Å². The summed E-state index contributed by atoms with van der Waals surface area (Å²) in [4.78, 5) is 10.2. The number of rotatable bonds is 3. The zero-order valence-corrected chi connectivity index (χ0v) is 8.77. The molecule has 0 unspecified atom stereocenters. The van der Waals surface area contributed by atoms with E-state index in [0.717, 1.165) is 11.3 Å². The predicted molar refractivity (Wildman–Crippen MR) is 57.7 cm³/mol. The number of nitro groups is 1. The maximum absolute atomic E-state index is 11.7. The van der Waals surface area contributed by atoms with Gasteiger partial charge in [-0.2, -0.15) is 0 Å². The maximum Gasteiger partial charge on any atom is 0.406 e. The molecule has 0 aliphatic rings. The molecule has 7 heteroatoms. The van der Waals surface area contributed by atoms with E-state index in [1.165, 1.54) is 18.4 Å². The molecule has 82 valence electrons. The molecule has 0 saturated heterocycles. The molecule has 0 fully saturated rings. The van der Waals surface area contributed by atoms with Gasteiger partial charge in [0, 0.05) is 17.4 Å². The molecule has 0 spiro atoms. The van der Waals surface area contributed by atoms with Gasteiger partial charge in [-0.1, -0.05) is 6.58 Å². The summed E-state index contributed by atoms with van der Waals surface area (Å²) in [5.74, 6) is 0.172. The first kappa shape index (κ1) is 10.4. The number of aromatic nitrogens is 1. The van der Waals surface area contributed by atoms with Crippen molar-refractivity contribution in [1.29, 1.82) is 0 Å². The predicted octanol–water partition coefficient (Wildman–Crippen LogP) is 2.19. The summed E-state index contributed by atoms with van der Waals surface area (Å²) >= 11 is 0.766. The van der Waals surface area contributed by atoms with Crippen molar-refractivity contribution in [3.8, 4) is 11.5 Å². The highest BCUT2D eigenvalue weighted by molar-refractivity contribution is 7.15. The summed E-state index contributed by atoms with van der Waals surface area (Å²) < 4.78 is 5.45. The number of nitrogens with zero attached hydrogens (tertiary/aromatic N) is 2. The first-order valence-electron chi connectivity index (χ1n) is 4.22. The highest BCUT2D eigenvalue weighted by Gasteiger charge is 2.33. The molecule has 0 amide bonds. The van der Waals surface area contributed by atoms with Gasteiger partial charge in [0.25, 0.3) is 5.01 Å². The Kier molecular flexibility index (Phi) is 2.45. The lowest BCUT2D eigenvalue weighted by Crippen LogP contribution is -2.29. The minimum Gasteiger partial charge on any atom is -0.617 e. The van der Waals surface area contributed by atoms with Gasteiger partial charge in [0.1, 0.15) is 0 Å².